The van der Waals surface area contributed by atoms with Gasteiger partial charge in [-0.25, -0.2) is 0 Å². The zero-order chi connectivity index (χ0) is 22.8. The van der Waals surface area contributed by atoms with Gasteiger partial charge in [-0.05, 0) is 46.5 Å². The first-order valence-corrected chi connectivity index (χ1v) is 9.50. The number of carbonyl (C=O) groups is 1. The molecule has 7 nitrogen and oxygen atoms in total. The fourth-order valence-electron chi connectivity index (χ4n) is 2.80. The molecule has 0 radical (unpaired) electrons. The number of ether oxygens (including phenoxy) is 3. The molecule has 0 amide bonds. The van der Waals surface area contributed by atoms with Crippen molar-refractivity contribution in [3.63, 3.8) is 0 Å². The zero-order valence-corrected chi connectivity index (χ0v) is 17.8. The van der Waals surface area contributed by atoms with Crippen molar-refractivity contribution in [3.8, 4) is 23.0 Å². The molecule has 0 aromatic heterocycles. The number of methoxy groups -OCH3 is 3. The normalized spacial score (nSPS) is 11.0. The van der Waals surface area contributed by atoms with Gasteiger partial charge in [-0.3, -0.25) is 4.79 Å². The molecule has 0 unspecified atom stereocenters. The Kier molecular flexibility index (Phi) is 8.72. The Bertz CT molecular complexity index is 942. The Hall–Kier alpha value is -3.71. The van der Waals surface area contributed by atoms with Gasteiger partial charge in [0.1, 0.15) is 0 Å². The molecule has 0 bridgehead atoms. The van der Waals surface area contributed by atoms with Crippen molar-refractivity contribution in [1.82, 2.24) is 0 Å². The summed E-state index contributed by atoms with van der Waals surface area (Å²) < 4.78 is 15.1. The maximum absolute atomic E-state index is 11.8. The average Bonchev–Trinajstić information content (AvgIpc) is 2.79. The van der Waals surface area contributed by atoms with Gasteiger partial charge in [0.2, 0.25) is 0 Å². The number of esters is 1. The second-order valence-corrected chi connectivity index (χ2v) is 6.55. The largest absolute Gasteiger partial charge is 0.504 e. The molecule has 0 aliphatic heterocycles. The molecule has 0 fully saturated rings. The molecule has 0 aliphatic carbocycles. The van der Waals surface area contributed by atoms with E-state index < -0.39 is 5.97 Å². The third-order valence-corrected chi connectivity index (χ3v) is 4.56. The lowest BCUT2D eigenvalue weighted by Crippen LogP contribution is -2.11. The first-order chi connectivity index (χ1) is 14.9. The predicted octanol–water partition coefficient (Wildman–Crippen LogP) is 3.66. The number of carbonyl (C=O) groups excluding carboxylic acids is 1. The highest BCUT2D eigenvalue weighted by atomic mass is 16.5. The number of phenols is 2. The Labute approximate surface area is 181 Å². The van der Waals surface area contributed by atoms with E-state index in [1.165, 1.54) is 21.3 Å². The third-order valence-electron chi connectivity index (χ3n) is 4.56. The molecule has 0 atom stereocenters. The van der Waals surface area contributed by atoms with Crippen LogP contribution >= 0.6 is 0 Å². The van der Waals surface area contributed by atoms with E-state index in [1.807, 2.05) is 24.3 Å². The lowest BCUT2D eigenvalue weighted by atomic mass is 10.0. The van der Waals surface area contributed by atoms with Crippen LogP contribution in [0.1, 0.15) is 17.5 Å². The number of hydrogen-bond acceptors (Lipinski definition) is 7. The Balaban J connectivity index is 2.44. The molecule has 0 aliphatic rings. The quantitative estimate of drug-likeness (QED) is 0.415. The molecule has 4 N–H and O–H groups in total. The fourth-order valence-corrected chi connectivity index (χ4v) is 2.80. The van der Waals surface area contributed by atoms with E-state index in [-0.39, 0.29) is 24.5 Å². The van der Waals surface area contributed by atoms with Gasteiger partial charge in [0.15, 0.2) is 23.0 Å². The summed E-state index contributed by atoms with van der Waals surface area (Å²) in [5.41, 5.74) is 8.91. The first-order valence-electron chi connectivity index (χ1n) is 9.50. The molecule has 0 saturated heterocycles. The summed E-state index contributed by atoms with van der Waals surface area (Å²) in [6.07, 6.45) is 7.35. The topological polar surface area (TPSA) is 111 Å². The maximum Gasteiger partial charge on any atom is 0.309 e. The monoisotopic (exact) mass is 425 g/mol. The number of rotatable bonds is 9. The fraction of sp³-hybridized carbons (Fsp3) is 0.208. The highest BCUT2D eigenvalue weighted by molar-refractivity contribution is 5.74. The van der Waals surface area contributed by atoms with Crippen LogP contribution in [0.3, 0.4) is 0 Å². The standard InChI is InChI=1S/C24H27NO6/c1-29-22-12-16(6-10-20(22)26)4-8-18(19(15-25)14-24(28)31-3)9-5-17-7-11-21(27)23(13-17)30-2/h4-13,26-27H,14-15,25H2,1-3H3/b8-4+,9-5+. The van der Waals surface area contributed by atoms with Crippen molar-refractivity contribution in [2.24, 2.45) is 5.73 Å². The lowest BCUT2D eigenvalue weighted by Gasteiger charge is -2.08. The van der Waals surface area contributed by atoms with Gasteiger partial charge in [0.05, 0.1) is 27.8 Å². The molecular weight excluding hydrogens is 398 g/mol. The average molecular weight is 425 g/mol. The highest BCUT2D eigenvalue weighted by Gasteiger charge is 2.09. The first kappa shape index (κ1) is 23.6. The van der Waals surface area contributed by atoms with Crippen LogP contribution in [0.2, 0.25) is 0 Å². The van der Waals surface area contributed by atoms with Crippen LogP contribution in [0.5, 0.6) is 23.0 Å². The summed E-state index contributed by atoms with van der Waals surface area (Å²) in [6.45, 7) is 0.164. The summed E-state index contributed by atoms with van der Waals surface area (Å²) in [6, 6.07) is 9.95. The van der Waals surface area contributed by atoms with Gasteiger partial charge < -0.3 is 30.2 Å². The van der Waals surface area contributed by atoms with Crippen LogP contribution in [-0.4, -0.2) is 44.1 Å². The van der Waals surface area contributed by atoms with E-state index in [4.69, 9.17) is 19.9 Å². The van der Waals surface area contributed by atoms with E-state index in [0.717, 1.165) is 16.7 Å². The van der Waals surface area contributed by atoms with Gasteiger partial charge in [-0.1, -0.05) is 36.4 Å². The number of benzene rings is 2. The summed E-state index contributed by atoms with van der Waals surface area (Å²) in [7, 11) is 4.28. The van der Waals surface area contributed by atoms with E-state index in [1.54, 1.807) is 36.4 Å². The molecule has 0 spiro atoms. The summed E-state index contributed by atoms with van der Waals surface area (Å²) in [5.74, 6) is 0.410. The number of aromatic hydroxyl groups is 2. The lowest BCUT2D eigenvalue weighted by molar-refractivity contribution is -0.139. The molecule has 2 aromatic rings. The Morgan fingerprint density at radius 1 is 0.903 bits per heavy atom. The molecular formula is C24H27NO6. The smallest absolute Gasteiger partial charge is 0.309 e. The van der Waals surface area contributed by atoms with Crippen molar-refractivity contribution < 1.29 is 29.2 Å². The van der Waals surface area contributed by atoms with Crippen molar-refractivity contribution in [2.45, 2.75) is 6.42 Å². The third kappa shape index (κ3) is 6.65. The van der Waals surface area contributed by atoms with Crippen LogP contribution in [0.4, 0.5) is 0 Å². The molecule has 2 rings (SSSR count). The minimum atomic E-state index is -0.391. The molecule has 7 heteroatoms. The molecule has 2 aromatic carbocycles. The van der Waals surface area contributed by atoms with Crippen molar-refractivity contribution in [1.29, 1.82) is 0 Å². The van der Waals surface area contributed by atoms with E-state index in [0.29, 0.717) is 17.1 Å². The minimum absolute atomic E-state index is 0.0462. The zero-order valence-electron chi connectivity index (χ0n) is 17.8. The molecule has 0 saturated carbocycles. The summed E-state index contributed by atoms with van der Waals surface area (Å²) in [4.78, 5) is 11.8. The van der Waals surface area contributed by atoms with E-state index in [2.05, 4.69) is 0 Å². The van der Waals surface area contributed by atoms with Gasteiger partial charge in [-0.15, -0.1) is 0 Å². The molecule has 31 heavy (non-hydrogen) atoms. The van der Waals surface area contributed by atoms with Gasteiger partial charge in [0.25, 0.3) is 0 Å². The Morgan fingerprint density at radius 3 is 1.77 bits per heavy atom. The van der Waals surface area contributed by atoms with E-state index >= 15 is 0 Å². The second kappa shape index (κ2) is 11.5. The van der Waals surface area contributed by atoms with Crippen LogP contribution in [0.15, 0.2) is 59.7 Å². The van der Waals surface area contributed by atoms with Crippen molar-refractivity contribution in [2.75, 3.05) is 27.9 Å². The van der Waals surface area contributed by atoms with Crippen LogP contribution < -0.4 is 15.2 Å². The number of hydrogen-bond donors (Lipinski definition) is 3. The highest BCUT2D eigenvalue weighted by Crippen LogP contribution is 2.28. The molecule has 0 heterocycles. The van der Waals surface area contributed by atoms with Crippen molar-refractivity contribution >= 4 is 18.1 Å². The Morgan fingerprint density at radius 2 is 1.39 bits per heavy atom. The predicted molar refractivity (Wildman–Crippen MR) is 120 cm³/mol. The van der Waals surface area contributed by atoms with Gasteiger partial charge in [0, 0.05) is 6.54 Å². The van der Waals surface area contributed by atoms with Crippen LogP contribution in [0, 0.1) is 0 Å². The van der Waals surface area contributed by atoms with Crippen LogP contribution in [-0.2, 0) is 9.53 Å². The number of nitrogens with two attached hydrogens (primary N) is 1. The minimum Gasteiger partial charge on any atom is -0.504 e. The second-order valence-electron chi connectivity index (χ2n) is 6.55. The summed E-state index contributed by atoms with van der Waals surface area (Å²) >= 11 is 0. The van der Waals surface area contributed by atoms with Gasteiger partial charge in [-0.2, -0.15) is 0 Å². The maximum atomic E-state index is 11.8. The van der Waals surface area contributed by atoms with Gasteiger partial charge >= 0.3 is 5.97 Å². The van der Waals surface area contributed by atoms with E-state index in [9.17, 15) is 15.0 Å². The molecule has 164 valence electrons. The number of allylic oxidation sites excluding steroid dienone is 3. The SMILES string of the molecule is COC(=O)CC(CN)=C(/C=C/c1ccc(O)c(OC)c1)/C=C/c1ccc(O)c(OC)c1. The summed E-state index contributed by atoms with van der Waals surface area (Å²) in [5, 5.41) is 19.5. The number of phenolic OH excluding ortho intramolecular Hbond substituents is 2. The van der Waals surface area contributed by atoms with Crippen molar-refractivity contribution in [3.05, 3.63) is 70.8 Å². The van der Waals surface area contributed by atoms with Crippen LogP contribution in [0.25, 0.3) is 12.2 Å².